The Kier molecular flexibility index (Phi) is 7.57. The monoisotopic (exact) mass is 480 g/mol. The molecule has 0 aliphatic carbocycles. The molecule has 0 bridgehead atoms. The number of likely N-dealkylation sites (N-methyl/N-ethyl adjacent to an activating group) is 1. The first kappa shape index (κ1) is 24.6. The minimum Gasteiger partial charge on any atom is -0.394 e. The van der Waals surface area contributed by atoms with Crippen LogP contribution in [0.2, 0.25) is 0 Å². The Hall–Kier alpha value is -3.57. The molecule has 0 saturated carbocycles. The number of anilines is 2. The first-order chi connectivity index (χ1) is 16.9. The third-order valence-corrected chi connectivity index (χ3v) is 6.24. The van der Waals surface area contributed by atoms with Gasteiger partial charge in [-0.25, -0.2) is 9.67 Å². The lowest BCUT2D eigenvalue weighted by Gasteiger charge is -2.32. The van der Waals surface area contributed by atoms with Crippen molar-refractivity contribution in [3.05, 3.63) is 51.9 Å². The highest BCUT2D eigenvalue weighted by molar-refractivity contribution is 5.94. The van der Waals surface area contributed by atoms with E-state index < -0.39 is 0 Å². The Morgan fingerprint density at radius 3 is 2.54 bits per heavy atom. The summed E-state index contributed by atoms with van der Waals surface area (Å²) in [5.41, 5.74) is 7.26. The van der Waals surface area contributed by atoms with E-state index in [1.165, 1.54) is 10.9 Å². The zero-order chi connectivity index (χ0) is 24.9. The van der Waals surface area contributed by atoms with Crippen molar-refractivity contribution in [2.75, 3.05) is 50.9 Å². The molecule has 11 heteroatoms. The predicted octanol–water partition coefficient (Wildman–Crippen LogP) is 0.778. The van der Waals surface area contributed by atoms with E-state index in [9.17, 15) is 14.7 Å². The summed E-state index contributed by atoms with van der Waals surface area (Å²) in [6.45, 7) is 5.29. The second kappa shape index (κ2) is 10.8. The SMILES string of the molecule is CCCC(CO)Nc1nc(N)nc2cnn(Cc3ccc(C(=O)N4CCN(C)CC4)cc3)c(=O)c12. The molecule has 4 rings (SSSR count). The molecule has 0 radical (unpaired) electrons. The van der Waals surface area contributed by atoms with Crippen LogP contribution in [0.15, 0.2) is 35.3 Å². The first-order valence-electron chi connectivity index (χ1n) is 11.9. The summed E-state index contributed by atoms with van der Waals surface area (Å²) in [4.78, 5) is 38.5. The number of nitrogens with two attached hydrogens (primary N) is 1. The standard InChI is InChI=1S/C24H32N8O3/c1-3-4-18(15-33)27-21-20-19(28-24(25)29-21)13-26-32(23(20)35)14-16-5-7-17(8-6-16)22(34)31-11-9-30(2)10-12-31/h5-8,13,18,33H,3-4,9-12,14-15H2,1-2H3,(H3,25,27,28,29). The summed E-state index contributed by atoms with van der Waals surface area (Å²) < 4.78 is 1.33. The van der Waals surface area contributed by atoms with Gasteiger partial charge in [-0.1, -0.05) is 25.5 Å². The molecule has 2 aromatic heterocycles. The molecule has 1 aliphatic heterocycles. The summed E-state index contributed by atoms with van der Waals surface area (Å²) >= 11 is 0. The predicted molar refractivity (Wildman–Crippen MR) is 134 cm³/mol. The molecule has 4 N–H and O–H groups in total. The van der Waals surface area contributed by atoms with Gasteiger partial charge in [0.25, 0.3) is 11.5 Å². The van der Waals surface area contributed by atoms with E-state index in [2.05, 4.69) is 32.3 Å². The highest BCUT2D eigenvalue weighted by atomic mass is 16.3. The number of nitrogen functional groups attached to an aromatic ring is 1. The van der Waals surface area contributed by atoms with Crippen molar-refractivity contribution in [3.63, 3.8) is 0 Å². The van der Waals surface area contributed by atoms with Gasteiger partial charge in [0.15, 0.2) is 0 Å². The van der Waals surface area contributed by atoms with Crippen LogP contribution in [0.25, 0.3) is 10.9 Å². The molecule has 3 heterocycles. The van der Waals surface area contributed by atoms with Crippen molar-refractivity contribution < 1.29 is 9.90 Å². The van der Waals surface area contributed by atoms with Crippen LogP contribution in [-0.2, 0) is 6.54 Å². The minimum absolute atomic E-state index is 0.0154. The summed E-state index contributed by atoms with van der Waals surface area (Å²) in [6, 6.07) is 6.99. The zero-order valence-electron chi connectivity index (χ0n) is 20.1. The van der Waals surface area contributed by atoms with Crippen LogP contribution in [0.1, 0.15) is 35.7 Å². The van der Waals surface area contributed by atoms with Gasteiger partial charge in [0.05, 0.1) is 25.4 Å². The topological polar surface area (TPSA) is 142 Å². The van der Waals surface area contributed by atoms with Gasteiger partial charge >= 0.3 is 0 Å². The van der Waals surface area contributed by atoms with Crippen LogP contribution >= 0.6 is 0 Å². The molecule has 186 valence electrons. The second-order valence-corrected chi connectivity index (χ2v) is 8.90. The van der Waals surface area contributed by atoms with Crippen LogP contribution in [0.3, 0.4) is 0 Å². The number of rotatable bonds is 8. The van der Waals surface area contributed by atoms with E-state index in [1.807, 2.05) is 24.0 Å². The van der Waals surface area contributed by atoms with E-state index in [1.54, 1.807) is 12.1 Å². The average molecular weight is 481 g/mol. The van der Waals surface area contributed by atoms with Crippen molar-refractivity contribution in [1.82, 2.24) is 29.5 Å². The van der Waals surface area contributed by atoms with Gasteiger partial charge in [-0.05, 0) is 31.2 Å². The number of benzene rings is 1. The molecule has 3 aromatic rings. The second-order valence-electron chi connectivity index (χ2n) is 8.90. The number of hydrogen-bond donors (Lipinski definition) is 3. The van der Waals surface area contributed by atoms with E-state index in [0.29, 0.717) is 30.6 Å². The molecule has 1 amide bonds. The van der Waals surface area contributed by atoms with Crippen LogP contribution < -0.4 is 16.6 Å². The maximum atomic E-state index is 13.3. The number of hydrogen-bond acceptors (Lipinski definition) is 9. The van der Waals surface area contributed by atoms with E-state index in [4.69, 9.17) is 5.73 Å². The quantitative estimate of drug-likeness (QED) is 0.426. The van der Waals surface area contributed by atoms with Gasteiger partial charge in [0, 0.05) is 31.7 Å². The number of aliphatic hydroxyl groups excluding tert-OH is 1. The Labute approximate surface area is 203 Å². The number of fused-ring (bicyclic) bond motifs is 1. The number of nitrogens with zero attached hydrogens (tertiary/aromatic N) is 6. The number of carbonyl (C=O) groups is 1. The van der Waals surface area contributed by atoms with Crippen molar-refractivity contribution in [2.24, 2.45) is 0 Å². The Balaban J connectivity index is 1.57. The van der Waals surface area contributed by atoms with Gasteiger partial charge < -0.3 is 26.0 Å². The number of aliphatic hydroxyl groups is 1. The highest BCUT2D eigenvalue weighted by Crippen LogP contribution is 2.19. The molecule has 0 spiro atoms. The fourth-order valence-electron chi connectivity index (χ4n) is 4.19. The van der Waals surface area contributed by atoms with Crippen LogP contribution in [0, 0.1) is 0 Å². The van der Waals surface area contributed by atoms with Crippen molar-refractivity contribution >= 4 is 28.6 Å². The lowest BCUT2D eigenvalue weighted by Crippen LogP contribution is -2.47. The molecule has 1 aromatic carbocycles. The number of carbonyl (C=O) groups excluding carboxylic acids is 1. The number of nitrogens with one attached hydrogen (secondary N) is 1. The first-order valence-corrected chi connectivity index (χ1v) is 11.9. The maximum absolute atomic E-state index is 13.3. The molecule has 11 nitrogen and oxygen atoms in total. The summed E-state index contributed by atoms with van der Waals surface area (Å²) in [6.07, 6.45) is 3.05. The van der Waals surface area contributed by atoms with Crippen LogP contribution in [-0.4, -0.2) is 86.4 Å². The van der Waals surface area contributed by atoms with E-state index in [-0.39, 0.29) is 47.8 Å². The Morgan fingerprint density at radius 1 is 1.17 bits per heavy atom. The lowest BCUT2D eigenvalue weighted by atomic mass is 10.1. The van der Waals surface area contributed by atoms with Gasteiger partial charge in [-0.3, -0.25) is 9.59 Å². The smallest absolute Gasteiger partial charge is 0.280 e. The lowest BCUT2D eigenvalue weighted by molar-refractivity contribution is 0.0664. The average Bonchev–Trinajstić information content (AvgIpc) is 2.85. The number of aromatic nitrogens is 4. The van der Waals surface area contributed by atoms with Crippen molar-refractivity contribution in [3.8, 4) is 0 Å². The molecular weight excluding hydrogens is 448 g/mol. The molecule has 1 unspecified atom stereocenters. The number of piperazine rings is 1. The molecule has 1 aliphatic rings. The van der Waals surface area contributed by atoms with Gasteiger partial charge in [0.1, 0.15) is 16.7 Å². The van der Waals surface area contributed by atoms with Gasteiger partial charge in [-0.2, -0.15) is 10.1 Å². The Morgan fingerprint density at radius 2 is 1.89 bits per heavy atom. The van der Waals surface area contributed by atoms with Crippen molar-refractivity contribution in [2.45, 2.75) is 32.4 Å². The maximum Gasteiger partial charge on any atom is 0.280 e. The minimum atomic E-state index is -0.365. The van der Waals surface area contributed by atoms with E-state index in [0.717, 1.165) is 25.1 Å². The third kappa shape index (κ3) is 5.57. The van der Waals surface area contributed by atoms with Crippen LogP contribution in [0.5, 0.6) is 0 Å². The van der Waals surface area contributed by atoms with Crippen LogP contribution in [0.4, 0.5) is 11.8 Å². The third-order valence-electron chi connectivity index (χ3n) is 6.24. The van der Waals surface area contributed by atoms with Gasteiger partial charge in [0.2, 0.25) is 5.95 Å². The fraction of sp³-hybridized carbons (Fsp3) is 0.458. The summed E-state index contributed by atoms with van der Waals surface area (Å²) in [5.74, 6) is 0.323. The highest BCUT2D eigenvalue weighted by Gasteiger charge is 2.20. The summed E-state index contributed by atoms with van der Waals surface area (Å²) in [5, 5.41) is 17.3. The normalized spacial score (nSPS) is 15.3. The Bertz CT molecular complexity index is 1240. The molecule has 1 saturated heterocycles. The molecule has 35 heavy (non-hydrogen) atoms. The zero-order valence-corrected chi connectivity index (χ0v) is 20.1. The molecule has 1 atom stereocenters. The molecular formula is C24H32N8O3. The largest absolute Gasteiger partial charge is 0.394 e. The van der Waals surface area contributed by atoms with Gasteiger partial charge in [-0.15, -0.1) is 0 Å². The molecule has 1 fully saturated rings. The summed E-state index contributed by atoms with van der Waals surface area (Å²) in [7, 11) is 2.05. The fourth-order valence-corrected chi connectivity index (χ4v) is 4.19. The van der Waals surface area contributed by atoms with Crippen molar-refractivity contribution in [1.29, 1.82) is 0 Å². The van der Waals surface area contributed by atoms with E-state index >= 15 is 0 Å². The number of amides is 1.